The molecule has 0 aliphatic carbocycles. The lowest BCUT2D eigenvalue weighted by Gasteiger charge is -2.11. The molecular formula is C25H29N3. The molecule has 0 radical (unpaired) electrons. The highest BCUT2D eigenvalue weighted by molar-refractivity contribution is 5.81. The van der Waals surface area contributed by atoms with Crippen LogP contribution >= 0.6 is 0 Å². The van der Waals surface area contributed by atoms with Gasteiger partial charge in [-0.1, -0.05) is 63.2 Å². The summed E-state index contributed by atoms with van der Waals surface area (Å²) in [6.45, 7) is 9.15. The van der Waals surface area contributed by atoms with Crippen molar-refractivity contribution < 1.29 is 0 Å². The van der Waals surface area contributed by atoms with E-state index in [1.165, 1.54) is 22.4 Å². The van der Waals surface area contributed by atoms with Crippen LogP contribution in [-0.4, -0.2) is 9.55 Å². The number of nitrogens with zero attached hydrogens (tertiary/aromatic N) is 2. The first-order valence-corrected chi connectivity index (χ1v) is 10.1. The normalized spacial score (nSPS) is 10.4. The average molecular weight is 372 g/mol. The molecule has 1 aromatic heterocycles. The number of anilines is 1. The van der Waals surface area contributed by atoms with Gasteiger partial charge in [0, 0.05) is 12.2 Å². The summed E-state index contributed by atoms with van der Waals surface area (Å²) in [5.74, 6) is 0. The van der Waals surface area contributed by atoms with Crippen LogP contribution in [0.15, 0.2) is 73.1 Å². The van der Waals surface area contributed by atoms with Crippen LogP contribution in [0.4, 0.5) is 5.69 Å². The molecule has 1 N–H and O–H groups in total. The molecular weight excluding hydrogens is 342 g/mol. The van der Waals surface area contributed by atoms with Crippen LogP contribution in [0, 0.1) is 6.92 Å². The van der Waals surface area contributed by atoms with Gasteiger partial charge >= 0.3 is 0 Å². The van der Waals surface area contributed by atoms with E-state index in [0.717, 1.165) is 29.7 Å². The Balaban J connectivity index is 0.00000109. The van der Waals surface area contributed by atoms with E-state index in [1.807, 2.05) is 20.2 Å². The molecule has 0 fully saturated rings. The molecule has 1 heterocycles. The lowest BCUT2D eigenvalue weighted by atomic mass is 10.1. The van der Waals surface area contributed by atoms with E-state index >= 15 is 0 Å². The topological polar surface area (TPSA) is 29.9 Å². The van der Waals surface area contributed by atoms with Crippen molar-refractivity contribution in [3.05, 3.63) is 89.7 Å². The zero-order valence-corrected chi connectivity index (χ0v) is 17.2. The summed E-state index contributed by atoms with van der Waals surface area (Å²) >= 11 is 0. The molecule has 4 aromatic rings. The summed E-state index contributed by atoms with van der Waals surface area (Å²) in [7, 11) is 0. The highest BCUT2D eigenvalue weighted by Gasteiger charge is 2.08. The molecule has 28 heavy (non-hydrogen) atoms. The van der Waals surface area contributed by atoms with Crippen molar-refractivity contribution in [2.24, 2.45) is 0 Å². The first-order valence-electron chi connectivity index (χ1n) is 10.1. The van der Waals surface area contributed by atoms with Crippen molar-refractivity contribution in [3.63, 3.8) is 0 Å². The number of hydrogen-bond donors (Lipinski definition) is 1. The molecule has 4 rings (SSSR count). The number of aromatic nitrogens is 2. The molecule has 3 nitrogen and oxygen atoms in total. The summed E-state index contributed by atoms with van der Waals surface area (Å²) in [6.07, 6.45) is 2.93. The number of hydrogen-bond acceptors (Lipinski definition) is 2. The summed E-state index contributed by atoms with van der Waals surface area (Å²) < 4.78 is 2.18. The standard InChI is InChI=1S/C23H23N3.C2H6/c1-3-18-9-6-7-11-22(18)26-16-25-21-14-20(12-13-23(21)26)24-15-19-10-5-4-8-17(19)2;1-2/h4-14,16,24H,3,15H2,1-2H3;1-2H3. The molecule has 0 aliphatic rings. The highest BCUT2D eigenvalue weighted by Crippen LogP contribution is 2.24. The number of fused-ring (bicyclic) bond motifs is 1. The zero-order chi connectivity index (χ0) is 19.9. The third-order valence-electron chi connectivity index (χ3n) is 4.92. The molecule has 0 atom stereocenters. The zero-order valence-electron chi connectivity index (χ0n) is 17.2. The lowest BCUT2D eigenvalue weighted by Crippen LogP contribution is -2.01. The quantitative estimate of drug-likeness (QED) is 0.432. The fraction of sp³-hybridized carbons (Fsp3) is 0.240. The van der Waals surface area contributed by atoms with Gasteiger partial charge in [-0.25, -0.2) is 4.98 Å². The minimum atomic E-state index is 0.817. The predicted octanol–water partition coefficient (Wildman–Crippen LogP) is 6.53. The molecule has 3 heteroatoms. The second kappa shape index (κ2) is 9.23. The smallest absolute Gasteiger partial charge is 0.100 e. The maximum Gasteiger partial charge on any atom is 0.100 e. The van der Waals surface area contributed by atoms with Crippen LogP contribution < -0.4 is 5.32 Å². The van der Waals surface area contributed by atoms with Crippen LogP contribution in [0.25, 0.3) is 16.7 Å². The first kappa shape index (κ1) is 19.7. The van der Waals surface area contributed by atoms with Crippen molar-refractivity contribution >= 4 is 16.7 Å². The maximum atomic E-state index is 4.63. The summed E-state index contributed by atoms with van der Waals surface area (Å²) in [4.78, 5) is 4.63. The van der Waals surface area contributed by atoms with E-state index in [0.29, 0.717) is 0 Å². The Bertz CT molecular complexity index is 1050. The Hall–Kier alpha value is -3.07. The summed E-state index contributed by atoms with van der Waals surface area (Å²) in [5, 5.41) is 3.52. The molecule has 0 spiro atoms. The predicted molar refractivity (Wildman–Crippen MR) is 120 cm³/mol. The molecule has 0 amide bonds. The van der Waals surface area contributed by atoms with Crippen molar-refractivity contribution in [2.75, 3.05) is 5.32 Å². The van der Waals surface area contributed by atoms with Gasteiger partial charge in [-0.3, -0.25) is 4.57 Å². The SMILES string of the molecule is CC.CCc1ccccc1-n1cnc2cc(NCc3ccccc3C)ccc21. The van der Waals surface area contributed by atoms with Gasteiger partial charge in [0.1, 0.15) is 6.33 Å². The second-order valence-electron chi connectivity index (χ2n) is 6.58. The maximum absolute atomic E-state index is 4.63. The molecule has 144 valence electrons. The van der Waals surface area contributed by atoms with E-state index in [4.69, 9.17) is 0 Å². The van der Waals surface area contributed by atoms with Crippen LogP contribution in [0.3, 0.4) is 0 Å². The number of aryl methyl sites for hydroxylation is 2. The van der Waals surface area contributed by atoms with Gasteiger partial charge in [0.25, 0.3) is 0 Å². The van der Waals surface area contributed by atoms with Gasteiger partial charge in [0.15, 0.2) is 0 Å². The van der Waals surface area contributed by atoms with Crippen molar-refractivity contribution in [2.45, 2.75) is 40.7 Å². The van der Waals surface area contributed by atoms with Gasteiger partial charge in [0.2, 0.25) is 0 Å². The Kier molecular flexibility index (Phi) is 6.49. The lowest BCUT2D eigenvalue weighted by molar-refractivity contribution is 1.03. The minimum Gasteiger partial charge on any atom is -0.381 e. The Labute approximate surface area is 168 Å². The number of para-hydroxylation sites is 1. The van der Waals surface area contributed by atoms with E-state index in [-0.39, 0.29) is 0 Å². The van der Waals surface area contributed by atoms with Gasteiger partial charge in [-0.05, 0) is 54.3 Å². The average Bonchev–Trinajstić information content (AvgIpc) is 3.17. The third kappa shape index (κ3) is 4.09. The van der Waals surface area contributed by atoms with E-state index in [1.54, 1.807) is 0 Å². The summed E-state index contributed by atoms with van der Waals surface area (Å²) in [6, 6.07) is 23.4. The minimum absolute atomic E-state index is 0.817. The number of benzene rings is 3. The second-order valence-corrected chi connectivity index (χ2v) is 6.58. The van der Waals surface area contributed by atoms with Gasteiger partial charge in [-0.2, -0.15) is 0 Å². The van der Waals surface area contributed by atoms with E-state index < -0.39 is 0 Å². The monoisotopic (exact) mass is 371 g/mol. The van der Waals surface area contributed by atoms with E-state index in [2.05, 4.69) is 95.4 Å². The molecule has 0 bridgehead atoms. The third-order valence-corrected chi connectivity index (χ3v) is 4.92. The van der Waals surface area contributed by atoms with Crippen LogP contribution in [0.2, 0.25) is 0 Å². The van der Waals surface area contributed by atoms with Crippen molar-refractivity contribution in [3.8, 4) is 5.69 Å². The molecule has 3 aromatic carbocycles. The number of imidazole rings is 1. The van der Waals surface area contributed by atoms with Crippen LogP contribution in [-0.2, 0) is 13.0 Å². The Morgan fingerprint density at radius 1 is 0.893 bits per heavy atom. The van der Waals surface area contributed by atoms with Gasteiger partial charge in [0.05, 0.1) is 16.7 Å². The van der Waals surface area contributed by atoms with Crippen LogP contribution in [0.1, 0.15) is 37.5 Å². The van der Waals surface area contributed by atoms with Gasteiger partial charge < -0.3 is 5.32 Å². The molecule has 0 saturated carbocycles. The fourth-order valence-corrected chi connectivity index (χ4v) is 3.37. The molecule has 0 saturated heterocycles. The van der Waals surface area contributed by atoms with Crippen molar-refractivity contribution in [1.29, 1.82) is 0 Å². The summed E-state index contributed by atoms with van der Waals surface area (Å²) in [5.41, 5.74) is 8.39. The van der Waals surface area contributed by atoms with E-state index in [9.17, 15) is 0 Å². The highest BCUT2D eigenvalue weighted by atomic mass is 15.1. The largest absolute Gasteiger partial charge is 0.381 e. The van der Waals surface area contributed by atoms with Gasteiger partial charge in [-0.15, -0.1) is 0 Å². The van der Waals surface area contributed by atoms with Crippen molar-refractivity contribution in [1.82, 2.24) is 9.55 Å². The Morgan fingerprint density at radius 3 is 2.36 bits per heavy atom. The first-order chi connectivity index (χ1) is 13.8. The number of rotatable bonds is 5. The Morgan fingerprint density at radius 2 is 1.61 bits per heavy atom. The van der Waals surface area contributed by atoms with Crippen LogP contribution in [0.5, 0.6) is 0 Å². The molecule has 0 aliphatic heterocycles. The number of nitrogens with one attached hydrogen (secondary N) is 1. The fourth-order valence-electron chi connectivity index (χ4n) is 3.37. The molecule has 0 unspecified atom stereocenters.